The number of pyridine rings is 1. The van der Waals surface area contributed by atoms with Crippen LogP contribution in [0.15, 0.2) is 70.1 Å². The Labute approximate surface area is 222 Å². The maximum Gasteiger partial charge on any atom is 0.334 e. The number of ether oxygens (including phenoxy) is 3. The van der Waals surface area contributed by atoms with Gasteiger partial charge >= 0.3 is 5.97 Å². The molecule has 39 heavy (non-hydrogen) atoms. The number of anilines is 1. The number of benzene rings is 1. The van der Waals surface area contributed by atoms with Crippen molar-refractivity contribution in [1.82, 2.24) is 10.1 Å². The van der Waals surface area contributed by atoms with E-state index in [2.05, 4.69) is 21.1 Å². The van der Waals surface area contributed by atoms with E-state index in [1.54, 1.807) is 12.1 Å². The van der Waals surface area contributed by atoms with Crippen LogP contribution in [0.1, 0.15) is 12.0 Å². The molecule has 1 aliphatic carbocycles. The minimum absolute atomic E-state index is 0.00933. The van der Waals surface area contributed by atoms with E-state index in [4.69, 9.17) is 18.7 Å². The minimum atomic E-state index is -0.687. The number of nitriles is 1. The Kier molecular flexibility index (Phi) is 7.33. The lowest BCUT2D eigenvalue weighted by molar-refractivity contribution is -0.426. The highest BCUT2D eigenvalue weighted by Gasteiger charge is 2.30. The van der Waals surface area contributed by atoms with Crippen LogP contribution in [0.2, 0.25) is 0 Å². The van der Waals surface area contributed by atoms with Crippen molar-refractivity contribution in [3.05, 3.63) is 81.3 Å². The van der Waals surface area contributed by atoms with Crippen LogP contribution in [0.5, 0.6) is 5.88 Å². The van der Waals surface area contributed by atoms with E-state index in [1.165, 1.54) is 19.4 Å². The van der Waals surface area contributed by atoms with E-state index in [-0.39, 0.29) is 41.3 Å². The molecule has 0 bridgehead atoms. The Balaban J connectivity index is 1.51. The molecule has 1 saturated heterocycles. The van der Waals surface area contributed by atoms with Crippen molar-refractivity contribution in [2.75, 3.05) is 44.9 Å². The van der Waals surface area contributed by atoms with Crippen molar-refractivity contribution in [1.29, 1.82) is 5.26 Å². The zero-order valence-electron chi connectivity index (χ0n) is 21.0. The van der Waals surface area contributed by atoms with Crippen LogP contribution >= 0.6 is 0 Å². The molecule has 0 atom stereocenters. The molecule has 5 rings (SSSR count). The second-order valence-electron chi connectivity index (χ2n) is 8.73. The highest BCUT2D eigenvalue weighted by molar-refractivity contribution is 5.91. The van der Waals surface area contributed by atoms with Crippen molar-refractivity contribution in [2.24, 2.45) is 0 Å². The predicted molar refractivity (Wildman–Crippen MR) is 137 cm³/mol. The summed E-state index contributed by atoms with van der Waals surface area (Å²) in [4.78, 5) is 29.8. The first-order chi connectivity index (χ1) is 19.0. The van der Waals surface area contributed by atoms with Gasteiger partial charge in [-0.2, -0.15) is 5.26 Å². The summed E-state index contributed by atoms with van der Waals surface area (Å²) in [6.07, 6.45) is 2.49. The van der Waals surface area contributed by atoms with Crippen molar-refractivity contribution >= 4 is 11.7 Å². The number of nitro groups is 1. The first-order valence-electron chi connectivity index (χ1n) is 12.1. The number of hydrogen-bond donors (Lipinski definition) is 0. The Morgan fingerprint density at radius 3 is 2.62 bits per heavy atom. The zero-order valence-corrected chi connectivity index (χ0v) is 21.0. The molecule has 0 saturated carbocycles. The van der Waals surface area contributed by atoms with Crippen molar-refractivity contribution < 1.29 is 28.5 Å². The van der Waals surface area contributed by atoms with E-state index in [0.29, 0.717) is 30.2 Å². The van der Waals surface area contributed by atoms with Crippen LogP contribution in [0, 0.1) is 21.4 Å². The molecule has 3 aromatic rings. The van der Waals surface area contributed by atoms with Crippen LogP contribution < -0.4 is 9.64 Å². The van der Waals surface area contributed by atoms with Crippen LogP contribution in [0.25, 0.3) is 22.5 Å². The number of nitrogens with zero attached hydrogens (tertiary/aromatic N) is 5. The number of hydrogen-bond acceptors (Lipinski definition) is 11. The number of aromatic nitrogens is 2. The summed E-state index contributed by atoms with van der Waals surface area (Å²) < 4.78 is 21.1. The molecule has 2 aromatic heterocycles. The van der Waals surface area contributed by atoms with Crippen molar-refractivity contribution in [3.63, 3.8) is 0 Å². The van der Waals surface area contributed by atoms with Crippen molar-refractivity contribution in [2.45, 2.75) is 6.42 Å². The van der Waals surface area contributed by atoms with Crippen LogP contribution in [0.4, 0.5) is 5.69 Å². The van der Waals surface area contributed by atoms with Gasteiger partial charge in [0.2, 0.25) is 5.88 Å². The van der Waals surface area contributed by atoms with Gasteiger partial charge in [-0.05, 0) is 18.2 Å². The third-order valence-corrected chi connectivity index (χ3v) is 6.47. The Hall–Kier alpha value is -5.02. The highest BCUT2D eigenvalue weighted by atomic mass is 16.6. The lowest BCUT2D eigenvalue weighted by Gasteiger charge is -2.28. The van der Waals surface area contributed by atoms with E-state index < -0.39 is 10.9 Å². The maximum absolute atomic E-state index is 12.2. The fourth-order valence-corrected chi connectivity index (χ4v) is 4.45. The number of morpholine rings is 1. The summed E-state index contributed by atoms with van der Waals surface area (Å²) in [5.41, 5.74) is 3.56. The van der Waals surface area contributed by atoms with Gasteiger partial charge in [-0.25, -0.2) is 9.78 Å². The number of allylic oxidation sites excluding steroid dienone is 1. The molecule has 0 N–H and O–H groups in total. The molecule has 198 valence electrons. The standard InChI is InChI=1S/C27H23N5O7/c1-36-27(33)21-13-20(32(34)35)12-18(21)16-38-26-23(15-28)22(24-6-9-39-30-24)14-25(29-26)17-2-4-19(5-3-17)31-7-10-37-11-8-31/h2-6,9,12,14H,7-8,10-11,13,16H2,1H3. The summed E-state index contributed by atoms with van der Waals surface area (Å²) in [7, 11) is 1.20. The second-order valence-corrected chi connectivity index (χ2v) is 8.73. The van der Waals surface area contributed by atoms with Crippen molar-refractivity contribution in [3.8, 4) is 34.5 Å². The summed E-state index contributed by atoms with van der Waals surface area (Å²) in [6, 6.07) is 13.3. The van der Waals surface area contributed by atoms with Crippen LogP contribution in [-0.2, 0) is 14.3 Å². The smallest absolute Gasteiger partial charge is 0.334 e. The average Bonchev–Trinajstić information content (AvgIpc) is 3.67. The lowest BCUT2D eigenvalue weighted by atomic mass is 10.0. The summed E-state index contributed by atoms with van der Waals surface area (Å²) >= 11 is 0. The topological polar surface area (TPSA) is 154 Å². The fourth-order valence-electron chi connectivity index (χ4n) is 4.45. The molecule has 1 aliphatic heterocycles. The summed E-state index contributed by atoms with van der Waals surface area (Å²) in [5, 5.41) is 25.3. The first-order valence-corrected chi connectivity index (χ1v) is 12.1. The zero-order chi connectivity index (χ0) is 27.4. The molecule has 12 nitrogen and oxygen atoms in total. The van der Waals surface area contributed by atoms with E-state index in [1.807, 2.05) is 24.3 Å². The Morgan fingerprint density at radius 2 is 1.97 bits per heavy atom. The Bertz CT molecular complexity index is 1500. The van der Waals surface area contributed by atoms with Gasteiger partial charge in [-0.1, -0.05) is 17.3 Å². The third-order valence-electron chi connectivity index (χ3n) is 6.47. The predicted octanol–water partition coefficient (Wildman–Crippen LogP) is 3.52. The number of esters is 1. The van der Waals surface area contributed by atoms with Crippen LogP contribution in [0.3, 0.4) is 0 Å². The highest BCUT2D eigenvalue weighted by Crippen LogP contribution is 2.34. The van der Waals surface area contributed by atoms with Gasteiger partial charge in [0.1, 0.15) is 30.2 Å². The van der Waals surface area contributed by atoms with Gasteiger partial charge in [-0.15, -0.1) is 0 Å². The second kappa shape index (κ2) is 11.2. The summed E-state index contributed by atoms with van der Waals surface area (Å²) in [5.74, 6) is -0.697. The van der Waals surface area contributed by atoms with E-state index >= 15 is 0 Å². The molecule has 3 heterocycles. The number of rotatable bonds is 8. The average molecular weight is 530 g/mol. The molecule has 0 radical (unpaired) electrons. The number of methoxy groups -OCH3 is 1. The lowest BCUT2D eigenvalue weighted by Crippen LogP contribution is -2.36. The normalized spacial score (nSPS) is 15.1. The molecule has 1 fully saturated rings. The van der Waals surface area contributed by atoms with Gasteiger partial charge < -0.3 is 23.6 Å². The van der Waals surface area contributed by atoms with Crippen LogP contribution in [-0.4, -0.2) is 61.1 Å². The monoisotopic (exact) mass is 529 g/mol. The molecular formula is C27H23N5O7. The maximum atomic E-state index is 12.2. The van der Waals surface area contributed by atoms with Gasteiger partial charge in [0.25, 0.3) is 5.70 Å². The number of carbonyl (C=O) groups is 1. The molecular weight excluding hydrogens is 506 g/mol. The quantitative estimate of drug-likeness (QED) is 0.239. The van der Waals surface area contributed by atoms with Gasteiger partial charge in [0.15, 0.2) is 0 Å². The summed E-state index contributed by atoms with van der Waals surface area (Å²) in [6.45, 7) is 2.72. The molecule has 0 amide bonds. The first kappa shape index (κ1) is 25.6. The molecule has 0 spiro atoms. The van der Waals surface area contributed by atoms with Gasteiger partial charge in [0.05, 0.1) is 42.9 Å². The third kappa shape index (κ3) is 5.34. The fraction of sp³-hybridized carbons (Fsp3) is 0.259. The number of carbonyl (C=O) groups excluding carboxylic acids is 1. The molecule has 12 heteroatoms. The van der Waals surface area contributed by atoms with E-state index in [9.17, 15) is 20.2 Å². The minimum Gasteiger partial charge on any atom is -0.472 e. The van der Waals surface area contributed by atoms with E-state index in [0.717, 1.165) is 24.3 Å². The SMILES string of the molecule is COC(=O)C1=C(COc2nc(-c3ccc(N4CCOCC4)cc3)cc(-c3ccon3)c2C#N)C=C([N+](=O)[O-])C1. The molecule has 0 unspecified atom stereocenters. The molecule has 1 aromatic carbocycles. The van der Waals surface area contributed by atoms with Gasteiger partial charge in [-0.3, -0.25) is 10.1 Å². The Morgan fingerprint density at radius 1 is 1.21 bits per heavy atom. The molecule has 2 aliphatic rings. The van der Waals surface area contributed by atoms with Gasteiger partial charge in [0, 0.05) is 47.6 Å². The largest absolute Gasteiger partial charge is 0.472 e.